The third kappa shape index (κ3) is 5.90. The van der Waals surface area contributed by atoms with Gasteiger partial charge >= 0.3 is 0 Å². The van der Waals surface area contributed by atoms with Gasteiger partial charge in [0.25, 0.3) is 0 Å². The monoisotopic (exact) mass is 507 g/mol. The lowest BCUT2D eigenvalue weighted by molar-refractivity contribution is 0.275. The van der Waals surface area contributed by atoms with E-state index in [1.54, 1.807) is 12.1 Å². The number of aliphatic hydroxyl groups is 1. The standard InChI is InChI=1S/C23H26FN3O.HI/c1-3-25-23(26-14-17-11-12-22(24)19(13-17)15-28)27-16(2)20-10-6-8-18-7-4-5-9-21(18)20;/h4-13,16,28H,3,14-15H2,1-2H3,(H2,25,26,27);1H. The van der Waals surface area contributed by atoms with Gasteiger partial charge in [-0.15, -0.1) is 24.0 Å². The Labute approximate surface area is 188 Å². The summed E-state index contributed by atoms with van der Waals surface area (Å²) in [7, 11) is 0. The van der Waals surface area contributed by atoms with E-state index in [1.807, 2.05) is 19.1 Å². The fraction of sp³-hybridized carbons (Fsp3) is 0.261. The van der Waals surface area contributed by atoms with Crippen molar-refractivity contribution in [3.05, 3.63) is 83.2 Å². The predicted octanol–water partition coefficient (Wildman–Crippen LogP) is 4.91. The fourth-order valence-corrected chi connectivity index (χ4v) is 3.25. The molecule has 3 aromatic carbocycles. The number of fused-ring (bicyclic) bond motifs is 1. The van der Waals surface area contributed by atoms with Gasteiger partial charge in [-0.3, -0.25) is 0 Å². The average Bonchev–Trinajstić information content (AvgIpc) is 2.72. The van der Waals surface area contributed by atoms with Gasteiger partial charge in [0, 0.05) is 12.1 Å². The molecule has 0 aliphatic carbocycles. The van der Waals surface area contributed by atoms with Crippen LogP contribution in [0.2, 0.25) is 0 Å². The Morgan fingerprint density at radius 3 is 2.62 bits per heavy atom. The minimum absolute atomic E-state index is 0. The molecule has 0 saturated carbocycles. The minimum Gasteiger partial charge on any atom is -0.392 e. The molecule has 1 unspecified atom stereocenters. The Hall–Kier alpha value is -2.19. The van der Waals surface area contributed by atoms with E-state index in [2.05, 4.69) is 52.9 Å². The Bertz CT molecular complexity index is 972. The molecule has 4 nitrogen and oxygen atoms in total. The van der Waals surface area contributed by atoms with Crippen LogP contribution in [0.25, 0.3) is 10.8 Å². The number of benzene rings is 3. The van der Waals surface area contributed by atoms with Crippen molar-refractivity contribution in [3.8, 4) is 0 Å². The van der Waals surface area contributed by atoms with Crippen LogP contribution in [-0.2, 0) is 13.2 Å². The fourth-order valence-electron chi connectivity index (χ4n) is 3.25. The summed E-state index contributed by atoms with van der Waals surface area (Å²) < 4.78 is 13.6. The summed E-state index contributed by atoms with van der Waals surface area (Å²) in [5.41, 5.74) is 2.34. The molecule has 0 radical (unpaired) electrons. The van der Waals surface area contributed by atoms with E-state index >= 15 is 0 Å². The van der Waals surface area contributed by atoms with Gasteiger partial charge in [0.2, 0.25) is 0 Å². The van der Waals surface area contributed by atoms with Crippen LogP contribution in [0.5, 0.6) is 0 Å². The number of guanidine groups is 1. The van der Waals surface area contributed by atoms with Crippen LogP contribution in [0.3, 0.4) is 0 Å². The summed E-state index contributed by atoms with van der Waals surface area (Å²) in [6.45, 7) is 4.93. The molecule has 3 aromatic rings. The van der Waals surface area contributed by atoms with E-state index in [9.17, 15) is 9.50 Å². The van der Waals surface area contributed by atoms with Crippen LogP contribution in [0, 0.1) is 5.82 Å². The maximum Gasteiger partial charge on any atom is 0.192 e. The van der Waals surface area contributed by atoms with Crippen molar-refractivity contribution in [3.63, 3.8) is 0 Å². The van der Waals surface area contributed by atoms with Crippen molar-refractivity contribution >= 4 is 40.7 Å². The Morgan fingerprint density at radius 1 is 1.10 bits per heavy atom. The SMILES string of the molecule is CCNC(=NCc1ccc(F)c(CO)c1)NC(C)c1cccc2ccccc12.I. The molecule has 0 spiro atoms. The van der Waals surface area contributed by atoms with E-state index in [0.29, 0.717) is 12.5 Å². The van der Waals surface area contributed by atoms with Crippen molar-refractivity contribution in [2.24, 2.45) is 4.99 Å². The van der Waals surface area contributed by atoms with Crippen molar-refractivity contribution < 1.29 is 9.50 Å². The van der Waals surface area contributed by atoms with Crippen LogP contribution >= 0.6 is 24.0 Å². The largest absolute Gasteiger partial charge is 0.392 e. The number of nitrogens with one attached hydrogen (secondary N) is 2. The van der Waals surface area contributed by atoms with E-state index in [1.165, 1.54) is 22.4 Å². The summed E-state index contributed by atoms with van der Waals surface area (Å²) >= 11 is 0. The highest BCUT2D eigenvalue weighted by molar-refractivity contribution is 14.0. The Morgan fingerprint density at radius 2 is 1.86 bits per heavy atom. The van der Waals surface area contributed by atoms with Crippen LogP contribution < -0.4 is 10.6 Å². The first-order valence-electron chi connectivity index (χ1n) is 9.53. The predicted molar refractivity (Wildman–Crippen MR) is 128 cm³/mol. The molecule has 0 aliphatic heterocycles. The molecule has 0 amide bonds. The number of halogens is 2. The van der Waals surface area contributed by atoms with Gasteiger partial charge in [0.15, 0.2) is 5.96 Å². The van der Waals surface area contributed by atoms with Gasteiger partial charge in [-0.1, -0.05) is 48.5 Å². The van der Waals surface area contributed by atoms with Crippen LogP contribution in [0.15, 0.2) is 65.7 Å². The van der Waals surface area contributed by atoms with Crippen molar-refractivity contribution in [1.29, 1.82) is 0 Å². The molecule has 0 fully saturated rings. The molecule has 0 aliphatic rings. The number of rotatable bonds is 6. The highest BCUT2D eigenvalue weighted by Crippen LogP contribution is 2.24. The molecule has 3 rings (SSSR count). The maximum absolute atomic E-state index is 13.6. The number of aliphatic imine (C=N–C) groups is 1. The van der Waals surface area contributed by atoms with E-state index in [-0.39, 0.29) is 42.2 Å². The molecule has 0 saturated heterocycles. The highest BCUT2D eigenvalue weighted by Gasteiger charge is 2.11. The first-order valence-corrected chi connectivity index (χ1v) is 9.53. The summed E-state index contributed by atoms with van der Waals surface area (Å²) in [4.78, 5) is 4.62. The van der Waals surface area contributed by atoms with Crippen molar-refractivity contribution in [2.75, 3.05) is 6.54 Å². The zero-order valence-electron chi connectivity index (χ0n) is 16.7. The minimum atomic E-state index is -0.398. The summed E-state index contributed by atoms with van der Waals surface area (Å²) in [5.74, 6) is 0.294. The maximum atomic E-state index is 13.6. The average molecular weight is 507 g/mol. The highest BCUT2D eigenvalue weighted by atomic mass is 127. The van der Waals surface area contributed by atoms with Crippen LogP contribution in [0.4, 0.5) is 4.39 Å². The van der Waals surface area contributed by atoms with Gasteiger partial charge in [-0.05, 0) is 47.9 Å². The van der Waals surface area contributed by atoms with Gasteiger partial charge in [0.05, 0.1) is 19.2 Å². The molecular weight excluding hydrogens is 480 g/mol. The van der Waals surface area contributed by atoms with Gasteiger partial charge in [0.1, 0.15) is 5.82 Å². The van der Waals surface area contributed by atoms with Crippen LogP contribution in [0.1, 0.15) is 36.6 Å². The number of nitrogens with zero attached hydrogens (tertiary/aromatic N) is 1. The second kappa shape index (κ2) is 11.1. The van der Waals surface area contributed by atoms with Gasteiger partial charge < -0.3 is 15.7 Å². The van der Waals surface area contributed by atoms with Gasteiger partial charge in [-0.2, -0.15) is 0 Å². The normalized spacial score (nSPS) is 12.3. The first-order chi connectivity index (χ1) is 13.6. The van der Waals surface area contributed by atoms with Crippen molar-refractivity contribution in [2.45, 2.75) is 33.0 Å². The first kappa shape index (κ1) is 23.1. The van der Waals surface area contributed by atoms with E-state index in [0.717, 1.165) is 12.1 Å². The summed E-state index contributed by atoms with van der Waals surface area (Å²) in [6, 6.07) is 19.4. The molecule has 154 valence electrons. The molecule has 0 bridgehead atoms. The molecule has 0 heterocycles. The summed E-state index contributed by atoms with van der Waals surface area (Å²) in [6.07, 6.45) is 0. The second-order valence-corrected chi connectivity index (χ2v) is 6.71. The third-order valence-electron chi connectivity index (χ3n) is 4.69. The lowest BCUT2D eigenvalue weighted by atomic mass is 10.00. The second-order valence-electron chi connectivity index (χ2n) is 6.71. The summed E-state index contributed by atoms with van der Waals surface area (Å²) in [5, 5.41) is 18.4. The molecule has 3 N–H and O–H groups in total. The molecule has 0 aromatic heterocycles. The molecule has 29 heavy (non-hydrogen) atoms. The quantitative estimate of drug-likeness (QED) is 0.253. The Kier molecular flexibility index (Phi) is 8.85. The third-order valence-corrected chi connectivity index (χ3v) is 4.69. The Balaban J connectivity index is 0.00000300. The van der Waals surface area contributed by atoms with Crippen LogP contribution in [-0.4, -0.2) is 17.6 Å². The van der Waals surface area contributed by atoms with Crippen molar-refractivity contribution in [1.82, 2.24) is 10.6 Å². The lowest BCUT2D eigenvalue weighted by Crippen LogP contribution is -2.38. The zero-order chi connectivity index (χ0) is 19.9. The topological polar surface area (TPSA) is 56.7 Å². The smallest absolute Gasteiger partial charge is 0.192 e. The van der Waals surface area contributed by atoms with E-state index < -0.39 is 5.82 Å². The molecular formula is C23H27FIN3O. The lowest BCUT2D eigenvalue weighted by Gasteiger charge is -2.20. The number of aliphatic hydroxyl groups excluding tert-OH is 1. The van der Waals surface area contributed by atoms with Gasteiger partial charge in [-0.25, -0.2) is 9.38 Å². The number of hydrogen-bond acceptors (Lipinski definition) is 2. The van der Waals surface area contributed by atoms with E-state index in [4.69, 9.17) is 0 Å². The number of hydrogen-bond donors (Lipinski definition) is 3. The molecule has 6 heteroatoms. The molecule has 1 atom stereocenters. The zero-order valence-corrected chi connectivity index (χ0v) is 19.0.